The number of halogens is 1. The minimum atomic E-state index is 0. The molecule has 1 aromatic rings. The second-order valence-electron chi connectivity index (χ2n) is 4.11. The summed E-state index contributed by atoms with van der Waals surface area (Å²) >= 11 is 0. The molecule has 0 saturated carbocycles. The van der Waals surface area contributed by atoms with E-state index >= 15 is 0 Å². The highest BCUT2D eigenvalue weighted by atomic mass is 35.5. The summed E-state index contributed by atoms with van der Waals surface area (Å²) in [7, 11) is 0. The van der Waals surface area contributed by atoms with Gasteiger partial charge in [0.2, 0.25) is 0 Å². The first-order valence-electron chi connectivity index (χ1n) is 4.58. The molecule has 0 aromatic heterocycles. The Morgan fingerprint density at radius 1 is 1.29 bits per heavy atom. The Bertz CT molecular complexity index is 274. The quantitative estimate of drug-likeness (QED) is 0.621. The predicted molar refractivity (Wildman–Crippen MR) is 56.3 cm³/mol. The lowest BCUT2D eigenvalue weighted by atomic mass is 9.83. The molecule has 0 aliphatic heterocycles. The predicted octanol–water partition coefficient (Wildman–Crippen LogP) is -1.02. The fourth-order valence-corrected chi connectivity index (χ4v) is 1.57. The second kappa shape index (κ2) is 5.18. The molecule has 78 valence electrons. The molecule has 2 heteroatoms. The standard InChI is InChI=1S/C12H17N.ClH/c1-4-11(12(2,3)13)10-8-6-5-7-9-10;/h4-9,11H,1,13H2,2-3H3;1H. The summed E-state index contributed by atoms with van der Waals surface area (Å²) in [5.74, 6) is 0.328. The first kappa shape index (κ1) is 13.2. The zero-order valence-electron chi connectivity index (χ0n) is 8.83. The van der Waals surface area contributed by atoms with E-state index in [0.717, 1.165) is 0 Å². The Kier molecular flexibility index (Phi) is 4.89. The largest absolute Gasteiger partial charge is 1.00 e. The zero-order valence-corrected chi connectivity index (χ0v) is 9.59. The van der Waals surface area contributed by atoms with Crippen molar-refractivity contribution in [2.75, 3.05) is 0 Å². The molecule has 0 heterocycles. The van der Waals surface area contributed by atoms with Crippen LogP contribution >= 0.6 is 0 Å². The summed E-state index contributed by atoms with van der Waals surface area (Å²) in [6, 6.07) is 10.4. The van der Waals surface area contributed by atoms with Crippen LogP contribution in [0.2, 0.25) is 0 Å². The Morgan fingerprint density at radius 3 is 2.14 bits per heavy atom. The normalized spacial score (nSPS) is 12.8. The molecule has 0 bridgehead atoms. The maximum atomic E-state index is 4.15. The summed E-state index contributed by atoms with van der Waals surface area (Å²) in [5.41, 5.74) is 5.44. The van der Waals surface area contributed by atoms with Gasteiger partial charge in [0.05, 0.1) is 11.5 Å². The first-order valence-corrected chi connectivity index (χ1v) is 4.58. The van der Waals surface area contributed by atoms with Crippen LogP contribution in [-0.2, 0) is 0 Å². The summed E-state index contributed by atoms with van der Waals surface area (Å²) in [4.78, 5) is 0. The van der Waals surface area contributed by atoms with Gasteiger partial charge < -0.3 is 18.1 Å². The van der Waals surface area contributed by atoms with Crippen molar-refractivity contribution in [3.63, 3.8) is 0 Å². The Labute approximate surface area is 92.4 Å². The molecule has 1 atom stereocenters. The lowest BCUT2D eigenvalue weighted by Crippen LogP contribution is -3.00. The number of hydrogen-bond donors (Lipinski definition) is 1. The van der Waals surface area contributed by atoms with Gasteiger partial charge >= 0.3 is 0 Å². The smallest absolute Gasteiger partial charge is 0.0993 e. The van der Waals surface area contributed by atoms with Crippen LogP contribution in [0.4, 0.5) is 0 Å². The Morgan fingerprint density at radius 2 is 1.79 bits per heavy atom. The summed E-state index contributed by atoms with van der Waals surface area (Å²) < 4.78 is 0. The maximum absolute atomic E-state index is 4.15. The molecule has 1 aromatic carbocycles. The molecular weight excluding hydrogens is 194 g/mol. The molecule has 0 radical (unpaired) electrons. The SMILES string of the molecule is C=CC(c1ccccc1)C(C)(C)[NH3+].[Cl-]. The van der Waals surface area contributed by atoms with Gasteiger partial charge in [0, 0.05) is 0 Å². The zero-order chi connectivity index (χ0) is 9.90. The van der Waals surface area contributed by atoms with E-state index in [4.69, 9.17) is 0 Å². The van der Waals surface area contributed by atoms with Gasteiger partial charge in [-0.2, -0.15) is 0 Å². The van der Waals surface area contributed by atoms with Crippen LogP contribution in [0.15, 0.2) is 43.0 Å². The van der Waals surface area contributed by atoms with Crippen LogP contribution in [0.25, 0.3) is 0 Å². The molecule has 1 rings (SSSR count). The summed E-state index contributed by atoms with van der Waals surface area (Å²) in [6.07, 6.45) is 1.97. The van der Waals surface area contributed by atoms with E-state index in [1.807, 2.05) is 12.1 Å². The highest BCUT2D eigenvalue weighted by molar-refractivity contribution is 5.25. The van der Waals surface area contributed by atoms with Gasteiger partial charge in [-0.15, -0.1) is 6.58 Å². The summed E-state index contributed by atoms with van der Waals surface area (Å²) in [5, 5.41) is 0. The third kappa shape index (κ3) is 3.17. The monoisotopic (exact) mass is 211 g/mol. The molecule has 0 fully saturated rings. The second-order valence-corrected chi connectivity index (χ2v) is 4.11. The number of rotatable bonds is 3. The molecule has 0 spiro atoms. The van der Waals surface area contributed by atoms with Crippen molar-refractivity contribution < 1.29 is 18.1 Å². The van der Waals surface area contributed by atoms with Crippen molar-refractivity contribution in [3.05, 3.63) is 48.6 Å². The molecule has 14 heavy (non-hydrogen) atoms. The molecule has 3 N–H and O–H groups in total. The van der Waals surface area contributed by atoms with Gasteiger partial charge in [0.25, 0.3) is 0 Å². The van der Waals surface area contributed by atoms with Crippen molar-refractivity contribution >= 4 is 0 Å². The average molecular weight is 212 g/mol. The van der Waals surface area contributed by atoms with Gasteiger partial charge in [-0.1, -0.05) is 36.4 Å². The first-order chi connectivity index (χ1) is 6.05. The lowest BCUT2D eigenvalue weighted by Gasteiger charge is -2.24. The van der Waals surface area contributed by atoms with Crippen molar-refractivity contribution in [1.82, 2.24) is 0 Å². The fourth-order valence-electron chi connectivity index (χ4n) is 1.57. The third-order valence-corrected chi connectivity index (χ3v) is 2.24. The fraction of sp³-hybridized carbons (Fsp3) is 0.333. The summed E-state index contributed by atoms with van der Waals surface area (Å²) in [6.45, 7) is 8.13. The molecule has 1 unspecified atom stereocenters. The van der Waals surface area contributed by atoms with E-state index in [1.54, 1.807) is 0 Å². The molecule has 0 amide bonds. The molecule has 0 saturated heterocycles. The van der Waals surface area contributed by atoms with Gasteiger partial charge in [-0.05, 0) is 19.4 Å². The number of hydrogen-bond acceptors (Lipinski definition) is 0. The highest BCUT2D eigenvalue weighted by Gasteiger charge is 2.27. The number of benzene rings is 1. The van der Waals surface area contributed by atoms with Crippen molar-refractivity contribution in [1.29, 1.82) is 0 Å². The van der Waals surface area contributed by atoms with E-state index in [9.17, 15) is 0 Å². The van der Waals surface area contributed by atoms with Gasteiger partial charge in [0.1, 0.15) is 0 Å². The van der Waals surface area contributed by atoms with E-state index in [0.29, 0.717) is 5.92 Å². The van der Waals surface area contributed by atoms with Crippen molar-refractivity contribution in [2.45, 2.75) is 25.3 Å². The topological polar surface area (TPSA) is 27.6 Å². The van der Waals surface area contributed by atoms with Crippen LogP contribution in [0.5, 0.6) is 0 Å². The van der Waals surface area contributed by atoms with Crippen LogP contribution < -0.4 is 18.1 Å². The lowest BCUT2D eigenvalue weighted by molar-refractivity contribution is -0.469. The van der Waals surface area contributed by atoms with E-state index in [1.165, 1.54) is 5.56 Å². The van der Waals surface area contributed by atoms with Gasteiger partial charge in [-0.25, -0.2) is 0 Å². The molecule has 0 aliphatic carbocycles. The van der Waals surface area contributed by atoms with Crippen LogP contribution in [-0.4, -0.2) is 5.54 Å². The van der Waals surface area contributed by atoms with E-state index in [2.05, 4.69) is 50.4 Å². The molecule has 1 nitrogen and oxygen atoms in total. The Balaban J connectivity index is 0.00000169. The minimum Gasteiger partial charge on any atom is -1.00 e. The average Bonchev–Trinajstić information content (AvgIpc) is 2.05. The van der Waals surface area contributed by atoms with Crippen LogP contribution in [0, 0.1) is 0 Å². The minimum absolute atomic E-state index is 0. The van der Waals surface area contributed by atoms with Gasteiger partial charge in [0.15, 0.2) is 0 Å². The molecule has 0 aliphatic rings. The van der Waals surface area contributed by atoms with Crippen molar-refractivity contribution in [3.8, 4) is 0 Å². The van der Waals surface area contributed by atoms with Crippen LogP contribution in [0.1, 0.15) is 25.3 Å². The van der Waals surface area contributed by atoms with Gasteiger partial charge in [-0.3, -0.25) is 0 Å². The van der Waals surface area contributed by atoms with E-state index in [-0.39, 0.29) is 17.9 Å². The third-order valence-electron chi connectivity index (χ3n) is 2.24. The number of quaternary nitrogens is 1. The Hall–Kier alpha value is -0.790. The van der Waals surface area contributed by atoms with E-state index < -0.39 is 0 Å². The van der Waals surface area contributed by atoms with Crippen molar-refractivity contribution in [2.24, 2.45) is 0 Å². The molecular formula is C12H18ClN. The van der Waals surface area contributed by atoms with Crippen LogP contribution in [0.3, 0.4) is 0 Å². The maximum Gasteiger partial charge on any atom is 0.0993 e. The highest BCUT2D eigenvalue weighted by Crippen LogP contribution is 2.25.